The molecule has 1 N–H and O–H groups in total. The van der Waals surface area contributed by atoms with E-state index in [1.165, 1.54) is 31.0 Å². The van der Waals surface area contributed by atoms with E-state index in [0.717, 1.165) is 13.1 Å². The van der Waals surface area contributed by atoms with Crippen LogP contribution < -0.4 is 5.32 Å². The zero-order valence-electron chi connectivity index (χ0n) is 10.5. The molecule has 0 unspecified atom stereocenters. The summed E-state index contributed by atoms with van der Waals surface area (Å²) in [5, 5.41) is 2.76. The van der Waals surface area contributed by atoms with Gasteiger partial charge in [0.1, 0.15) is 5.69 Å². The molecule has 1 fully saturated rings. The lowest BCUT2D eigenvalue weighted by atomic mass is 10.3. The van der Waals surface area contributed by atoms with Crippen molar-refractivity contribution in [1.82, 2.24) is 15.2 Å². The second kappa shape index (κ2) is 5.91. The van der Waals surface area contributed by atoms with Crippen molar-refractivity contribution in [2.45, 2.75) is 25.8 Å². The van der Waals surface area contributed by atoms with E-state index in [0.29, 0.717) is 12.6 Å². The van der Waals surface area contributed by atoms with E-state index in [4.69, 9.17) is 0 Å². The number of hydrogen-bond donors (Lipinski definition) is 1. The van der Waals surface area contributed by atoms with Crippen molar-refractivity contribution >= 4 is 5.91 Å². The molecule has 1 aromatic rings. The Hall–Kier alpha value is -1.49. The first-order chi connectivity index (χ1) is 8.70. The number of nitrogens with one attached hydrogen (secondary N) is 1. The van der Waals surface area contributed by atoms with Crippen LogP contribution in [0.2, 0.25) is 0 Å². The highest BCUT2D eigenvalue weighted by atomic mass is 19.1. The summed E-state index contributed by atoms with van der Waals surface area (Å²) in [5.74, 6) is -0.947. The minimum Gasteiger partial charge on any atom is -0.349 e. The summed E-state index contributed by atoms with van der Waals surface area (Å²) in [4.78, 5) is 17.6. The van der Waals surface area contributed by atoms with E-state index in [2.05, 4.69) is 22.1 Å². The van der Waals surface area contributed by atoms with Gasteiger partial charge in [-0.2, -0.15) is 4.39 Å². The van der Waals surface area contributed by atoms with Crippen molar-refractivity contribution < 1.29 is 9.18 Å². The second-order valence-corrected chi connectivity index (χ2v) is 4.46. The lowest BCUT2D eigenvalue weighted by molar-refractivity contribution is 0.0942. The molecular formula is C13H18FN3O. The van der Waals surface area contributed by atoms with Crippen LogP contribution in [-0.4, -0.2) is 41.5 Å². The van der Waals surface area contributed by atoms with Crippen LogP contribution in [-0.2, 0) is 0 Å². The van der Waals surface area contributed by atoms with Gasteiger partial charge in [0.25, 0.3) is 5.91 Å². The molecular weight excluding hydrogens is 233 g/mol. The number of nitrogens with zero attached hydrogens (tertiary/aromatic N) is 2. The number of carbonyl (C=O) groups is 1. The van der Waals surface area contributed by atoms with Gasteiger partial charge in [-0.1, -0.05) is 13.0 Å². The highest BCUT2D eigenvalue weighted by molar-refractivity contribution is 5.92. The van der Waals surface area contributed by atoms with Crippen LogP contribution in [0.25, 0.3) is 0 Å². The molecule has 1 saturated carbocycles. The number of hydrogen-bond acceptors (Lipinski definition) is 3. The fraction of sp³-hybridized carbons (Fsp3) is 0.538. The van der Waals surface area contributed by atoms with Gasteiger partial charge in [0.2, 0.25) is 5.95 Å². The van der Waals surface area contributed by atoms with E-state index < -0.39 is 5.95 Å². The molecule has 0 aliphatic heterocycles. The average Bonchev–Trinajstić information content (AvgIpc) is 3.18. The van der Waals surface area contributed by atoms with Crippen LogP contribution in [0.5, 0.6) is 0 Å². The minimum absolute atomic E-state index is 0.129. The Morgan fingerprint density at radius 1 is 1.56 bits per heavy atom. The monoisotopic (exact) mass is 251 g/mol. The summed E-state index contributed by atoms with van der Waals surface area (Å²) in [6.07, 6.45) is 2.51. The molecule has 1 amide bonds. The molecule has 0 aromatic carbocycles. The Morgan fingerprint density at radius 3 is 2.94 bits per heavy atom. The summed E-state index contributed by atoms with van der Waals surface area (Å²) in [7, 11) is 0. The molecule has 0 atom stereocenters. The standard InChI is InChI=1S/C13H18FN3O/c1-2-17(10-6-7-10)9-8-15-13(18)11-4-3-5-12(14)16-11/h3-5,10H,2,6-9H2,1H3,(H,15,18). The molecule has 0 bridgehead atoms. The number of rotatable bonds is 6. The summed E-state index contributed by atoms with van der Waals surface area (Å²) in [5.41, 5.74) is 0.129. The Morgan fingerprint density at radius 2 is 2.33 bits per heavy atom. The minimum atomic E-state index is -0.629. The maximum absolute atomic E-state index is 12.8. The van der Waals surface area contributed by atoms with Crippen LogP contribution >= 0.6 is 0 Å². The Kier molecular flexibility index (Phi) is 4.25. The maximum Gasteiger partial charge on any atom is 0.270 e. The van der Waals surface area contributed by atoms with Crippen molar-refractivity contribution in [3.05, 3.63) is 29.8 Å². The molecule has 98 valence electrons. The van der Waals surface area contributed by atoms with Crippen LogP contribution in [0.1, 0.15) is 30.3 Å². The first-order valence-electron chi connectivity index (χ1n) is 6.35. The van der Waals surface area contributed by atoms with Gasteiger partial charge in [-0.25, -0.2) is 4.98 Å². The summed E-state index contributed by atoms with van der Waals surface area (Å²) >= 11 is 0. The van der Waals surface area contributed by atoms with Crippen LogP contribution in [0.3, 0.4) is 0 Å². The average molecular weight is 251 g/mol. The maximum atomic E-state index is 12.8. The summed E-state index contributed by atoms with van der Waals surface area (Å²) in [6.45, 7) is 4.52. The van der Waals surface area contributed by atoms with Gasteiger partial charge < -0.3 is 5.32 Å². The van der Waals surface area contributed by atoms with Gasteiger partial charge in [0.15, 0.2) is 0 Å². The van der Waals surface area contributed by atoms with Gasteiger partial charge in [0, 0.05) is 19.1 Å². The lowest BCUT2D eigenvalue weighted by Gasteiger charge is -2.19. The molecule has 4 nitrogen and oxygen atoms in total. The third-order valence-electron chi connectivity index (χ3n) is 3.10. The molecule has 18 heavy (non-hydrogen) atoms. The van der Waals surface area contributed by atoms with Gasteiger partial charge in [0.05, 0.1) is 0 Å². The zero-order chi connectivity index (χ0) is 13.0. The summed E-state index contributed by atoms with van der Waals surface area (Å²) in [6, 6.07) is 4.92. The molecule has 1 aromatic heterocycles. The highest BCUT2D eigenvalue weighted by Gasteiger charge is 2.27. The fourth-order valence-electron chi connectivity index (χ4n) is 1.98. The number of halogens is 1. The van der Waals surface area contributed by atoms with Crippen molar-refractivity contribution in [2.24, 2.45) is 0 Å². The topological polar surface area (TPSA) is 45.2 Å². The van der Waals surface area contributed by atoms with Gasteiger partial charge in [-0.05, 0) is 31.5 Å². The SMILES string of the molecule is CCN(CCNC(=O)c1cccc(F)n1)C1CC1. The van der Waals surface area contributed by atoms with Gasteiger partial charge >= 0.3 is 0 Å². The first-order valence-corrected chi connectivity index (χ1v) is 6.35. The fourth-order valence-corrected chi connectivity index (χ4v) is 1.98. The predicted molar refractivity (Wildman–Crippen MR) is 66.8 cm³/mol. The van der Waals surface area contributed by atoms with Gasteiger partial charge in [-0.15, -0.1) is 0 Å². The molecule has 1 aliphatic carbocycles. The van der Waals surface area contributed by atoms with E-state index in [1.54, 1.807) is 0 Å². The predicted octanol–water partition coefficient (Wildman–Crippen LogP) is 1.43. The molecule has 1 aliphatic rings. The molecule has 2 rings (SSSR count). The number of carbonyl (C=O) groups excluding carboxylic acids is 1. The van der Waals surface area contributed by atoms with Crippen LogP contribution in [0.4, 0.5) is 4.39 Å². The van der Waals surface area contributed by atoms with Crippen molar-refractivity contribution in [3.63, 3.8) is 0 Å². The third kappa shape index (κ3) is 3.50. The van der Waals surface area contributed by atoms with E-state index in [-0.39, 0.29) is 11.6 Å². The normalized spacial score (nSPS) is 14.8. The van der Waals surface area contributed by atoms with E-state index >= 15 is 0 Å². The van der Waals surface area contributed by atoms with Crippen molar-refractivity contribution in [2.75, 3.05) is 19.6 Å². The Bertz CT molecular complexity index is 420. The smallest absolute Gasteiger partial charge is 0.270 e. The van der Waals surface area contributed by atoms with Crippen LogP contribution in [0, 0.1) is 5.95 Å². The van der Waals surface area contributed by atoms with Crippen molar-refractivity contribution in [3.8, 4) is 0 Å². The molecule has 0 saturated heterocycles. The zero-order valence-corrected chi connectivity index (χ0v) is 10.5. The van der Waals surface area contributed by atoms with E-state index in [1.807, 2.05) is 0 Å². The van der Waals surface area contributed by atoms with Gasteiger partial charge in [-0.3, -0.25) is 9.69 Å². The van der Waals surface area contributed by atoms with Crippen molar-refractivity contribution in [1.29, 1.82) is 0 Å². The largest absolute Gasteiger partial charge is 0.349 e. The quantitative estimate of drug-likeness (QED) is 0.778. The molecule has 0 radical (unpaired) electrons. The highest BCUT2D eigenvalue weighted by Crippen LogP contribution is 2.25. The summed E-state index contributed by atoms with van der Waals surface area (Å²) < 4.78 is 12.8. The third-order valence-corrected chi connectivity index (χ3v) is 3.10. The number of pyridine rings is 1. The number of amides is 1. The van der Waals surface area contributed by atoms with E-state index in [9.17, 15) is 9.18 Å². The second-order valence-electron chi connectivity index (χ2n) is 4.46. The lowest BCUT2D eigenvalue weighted by Crippen LogP contribution is -2.36. The molecule has 0 spiro atoms. The molecule has 1 heterocycles. The first kappa shape index (κ1) is 13.0. The van der Waals surface area contributed by atoms with Crippen LogP contribution in [0.15, 0.2) is 18.2 Å². The molecule has 5 heteroatoms. The Balaban J connectivity index is 1.77. The number of likely N-dealkylation sites (N-methyl/N-ethyl adjacent to an activating group) is 1. The Labute approximate surface area is 106 Å². The number of aromatic nitrogens is 1.